The highest BCUT2D eigenvalue weighted by Crippen LogP contribution is 2.54. The van der Waals surface area contributed by atoms with Gasteiger partial charge >= 0.3 is 23.3 Å². The zero-order valence-corrected chi connectivity index (χ0v) is 21.9. The summed E-state index contributed by atoms with van der Waals surface area (Å²) in [6, 6.07) is 27.2. The third-order valence-corrected chi connectivity index (χ3v) is 8.11. The van der Waals surface area contributed by atoms with Crippen molar-refractivity contribution in [2.24, 2.45) is 0 Å². The Hall–Kier alpha value is -3.11. The summed E-state index contributed by atoms with van der Waals surface area (Å²) in [5.74, 6) is -13.1. The van der Waals surface area contributed by atoms with Gasteiger partial charge in [-0.25, -0.2) is 8.42 Å². The van der Waals surface area contributed by atoms with Gasteiger partial charge in [-0.15, -0.1) is 0 Å². The predicted octanol–water partition coefficient (Wildman–Crippen LogP) is 6.76. The van der Waals surface area contributed by atoms with Crippen molar-refractivity contribution < 1.29 is 62.0 Å². The van der Waals surface area contributed by atoms with Crippen LogP contribution in [0.5, 0.6) is 11.5 Å². The van der Waals surface area contributed by atoms with Crippen LogP contribution < -0.4 is 9.47 Å². The van der Waals surface area contributed by atoms with Crippen molar-refractivity contribution in [1.29, 1.82) is 0 Å². The van der Waals surface area contributed by atoms with E-state index in [0.717, 1.165) is 11.5 Å². The number of hydrogen-bond donors (Lipinski definition) is 0. The summed E-state index contributed by atoms with van der Waals surface area (Å²) < 4.78 is 146. The molecule has 5 nitrogen and oxygen atoms in total. The van der Waals surface area contributed by atoms with Gasteiger partial charge in [0.1, 0.15) is 11.5 Å². The van der Waals surface area contributed by atoms with Crippen molar-refractivity contribution in [3.8, 4) is 11.5 Å². The molecule has 0 aliphatic heterocycles. The Morgan fingerprint density at radius 1 is 0.600 bits per heavy atom. The summed E-state index contributed by atoms with van der Waals surface area (Å²) in [4.78, 5) is 3.83. The van der Waals surface area contributed by atoms with Crippen LogP contribution in [0.1, 0.15) is 0 Å². The summed E-state index contributed by atoms with van der Waals surface area (Å²) in [6.45, 7) is 0. The molecule has 0 atom stereocenters. The van der Waals surface area contributed by atoms with E-state index in [0.29, 0.717) is 0 Å². The summed E-state index contributed by atoms with van der Waals surface area (Å²) >= 11 is 0. The zero-order chi connectivity index (χ0) is 30.6. The number of ether oxygens (including phenoxy) is 2. The Morgan fingerprint density at radius 2 is 0.950 bits per heavy atom. The molecule has 0 N–H and O–H groups in total. The Kier molecular flexibility index (Phi) is 10.1. The van der Waals surface area contributed by atoms with Crippen molar-refractivity contribution in [3.05, 3.63) is 78.9 Å². The average molecular weight is 623 g/mol. The smallest absolute Gasteiger partial charge is 0.460 e. The van der Waals surface area contributed by atoms with Crippen molar-refractivity contribution >= 4 is 21.0 Å². The molecular formula is C24H19F9O5S2. The van der Waals surface area contributed by atoms with Gasteiger partial charge in [-0.2, -0.15) is 39.5 Å². The van der Waals surface area contributed by atoms with E-state index >= 15 is 0 Å². The highest BCUT2D eigenvalue weighted by atomic mass is 32.2. The Labute approximate surface area is 225 Å². The normalized spacial score (nSPS) is 12.9. The van der Waals surface area contributed by atoms with Crippen LogP contribution in [0.25, 0.3) is 0 Å². The standard InChI is InChI=1S/C20H19O2S.C4HF9O3S/c1-21-16-8-12-19(13-9-16)23(18-6-4-3-5-7-18)20-14-10-17(22-2)11-15-20;5-1(6,3(9,10)11)2(7,8)4(12,13)17(14,15)16/h3-15H,1-2H3;(H,14,15,16)/q+1;/p-1. The monoisotopic (exact) mass is 622 g/mol. The molecule has 3 rings (SSSR count). The van der Waals surface area contributed by atoms with E-state index in [1.54, 1.807) is 14.2 Å². The summed E-state index contributed by atoms with van der Waals surface area (Å²) in [5, 5.41) is -7.11. The van der Waals surface area contributed by atoms with Crippen molar-refractivity contribution in [3.63, 3.8) is 0 Å². The van der Waals surface area contributed by atoms with Crippen molar-refractivity contribution in [1.82, 2.24) is 0 Å². The number of alkyl halides is 9. The molecule has 0 amide bonds. The van der Waals surface area contributed by atoms with E-state index in [1.165, 1.54) is 14.7 Å². The molecule has 3 aromatic carbocycles. The molecule has 0 spiro atoms. The molecule has 0 aliphatic rings. The molecule has 0 radical (unpaired) electrons. The lowest BCUT2D eigenvalue weighted by atomic mass is 10.1. The fraction of sp³-hybridized carbons (Fsp3) is 0.250. The molecule has 220 valence electrons. The second kappa shape index (κ2) is 12.2. The average Bonchev–Trinajstić information content (AvgIpc) is 2.89. The Morgan fingerprint density at radius 3 is 1.25 bits per heavy atom. The Bertz CT molecular complexity index is 1300. The maximum absolute atomic E-state index is 12.2. The number of halogens is 9. The quantitative estimate of drug-likeness (QED) is 0.158. The molecule has 0 saturated heterocycles. The fourth-order valence-electron chi connectivity index (χ4n) is 2.91. The van der Waals surface area contributed by atoms with Crippen molar-refractivity contribution in [2.45, 2.75) is 38.0 Å². The van der Waals surface area contributed by atoms with Crippen molar-refractivity contribution in [2.75, 3.05) is 14.2 Å². The number of rotatable bonds is 8. The van der Waals surface area contributed by atoms with Crippen LogP contribution in [0.4, 0.5) is 39.5 Å². The van der Waals surface area contributed by atoms with Gasteiger partial charge in [0, 0.05) is 0 Å². The van der Waals surface area contributed by atoms with E-state index in [1.807, 2.05) is 30.3 Å². The molecule has 0 saturated carbocycles. The Balaban J connectivity index is 0.000000296. The molecular weight excluding hydrogens is 603 g/mol. The molecule has 0 unspecified atom stereocenters. The minimum absolute atomic E-state index is 0.146. The number of methoxy groups -OCH3 is 2. The van der Waals surface area contributed by atoms with Gasteiger partial charge in [0.05, 0.1) is 25.1 Å². The van der Waals surface area contributed by atoms with Crippen LogP contribution in [0, 0.1) is 0 Å². The minimum Gasteiger partial charge on any atom is -0.743 e. The summed E-state index contributed by atoms with van der Waals surface area (Å²) in [6.07, 6.45) is -7.16. The first-order valence-corrected chi connectivity index (χ1v) is 13.2. The molecule has 0 aromatic heterocycles. The van der Waals surface area contributed by atoms with Gasteiger partial charge in [-0.05, 0) is 60.7 Å². The van der Waals surface area contributed by atoms with E-state index in [4.69, 9.17) is 9.47 Å². The first kappa shape index (κ1) is 33.1. The maximum Gasteiger partial charge on any atom is 0.460 e. The van der Waals surface area contributed by atoms with E-state index in [9.17, 15) is 52.5 Å². The first-order chi connectivity index (χ1) is 18.3. The topological polar surface area (TPSA) is 75.7 Å². The van der Waals surface area contributed by atoms with Crippen LogP contribution in [0.2, 0.25) is 0 Å². The maximum atomic E-state index is 12.2. The number of benzene rings is 3. The predicted molar refractivity (Wildman–Crippen MR) is 125 cm³/mol. The van der Waals surface area contributed by atoms with Gasteiger partial charge in [-0.1, -0.05) is 18.2 Å². The van der Waals surface area contributed by atoms with E-state index < -0.39 is 33.4 Å². The number of hydrogen-bond acceptors (Lipinski definition) is 5. The SMILES string of the molecule is COc1ccc([S+](c2ccccc2)c2ccc(OC)cc2)cc1.O=S(=O)([O-])C(F)(F)C(F)(F)C(F)(F)C(F)(F)F. The molecule has 16 heteroatoms. The molecule has 0 aliphatic carbocycles. The summed E-state index contributed by atoms with van der Waals surface area (Å²) in [5.41, 5.74) is 0. The molecule has 3 aromatic rings. The van der Waals surface area contributed by atoms with Crippen LogP contribution in [0.3, 0.4) is 0 Å². The van der Waals surface area contributed by atoms with Gasteiger partial charge in [0.2, 0.25) is 0 Å². The summed E-state index contributed by atoms with van der Waals surface area (Å²) in [7, 11) is -4.18. The van der Waals surface area contributed by atoms with Crippen LogP contribution in [-0.2, 0) is 21.0 Å². The minimum atomic E-state index is -7.43. The molecule has 0 heterocycles. The van der Waals surface area contributed by atoms with Crippen LogP contribution in [-0.4, -0.2) is 50.5 Å². The first-order valence-electron chi connectivity index (χ1n) is 10.5. The molecule has 0 fully saturated rings. The highest BCUT2D eigenvalue weighted by molar-refractivity contribution is 7.97. The van der Waals surface area contributed by atoms with E-state index in [-0.39, 0.29) is 10.9 Å². The second-order valence-electron chi connectivity index (χ2n) is 7.59. The fourth-order valence-corrected chi connectivity index (χ4v) is 5.41. The van der Waals surface area contributed by atoms with E-state index in [2.05, 4.69) is 48.5 Å². The third-order valence-electron chi connectivity index (χ3n) is 5.00. The van der Waals surface area contributed by atoms with Gasteiger partial charge in [-0.3, -0.25) is 0 Å². The van der Waals surface area contributed by atoms with Crippen LogP contribution >= 0.6 is 0 Å². The lowest BCUT2D eigenvalue weighted by Gasteiger charge is -2.34. The lowest BCUT2D eigenvalue weighted by molar-refractivity contribution is -0.382. The second-order valence-corrected chi connectivity index (χ2v) is 11.0. The molecule has 40 heavy (non-hydrogen) atoms. The lowest BCUT2D eigenvalue weighted by Crippen LogP contribution is -2.63. The van der Waals surface area contributed by atoms with Gasteiger partial charge < -0.3 is 14.0 Å². The van der Waals surface area contributed by atoms with Gasteiger partial charge in [0.25, 0.3) is 0 Å². The highest BCUT2D eigenvalue weighted by Gasteiger charge is 2.83. The largest absolute Gasteiger partial charge is 0.743 e. The molecule has 0 bridgehead atoms. The van der Waals surface area contributed by atoms with Crippen LogP contribution in [0.15, 0.2) is 93.5 Å². The third kappa shape index (κ3) is 6.78. The van der Waals surface area contributed by atoms with Gasteiger partial charge in [0.15, 0.2) is 24.8 Å². The zero-order valence-electron chi connectivity index (χ0n) is 20.3.